The average Bonchev–Trinajstić information content (AvgIpc) is 3.19. The number of halogens is 3. The van der Waals surface area contributed by atoms with Gasteiger partial charge in [0, 0.05) is 38.4 Å². The number of piperazine rings is 1. The highest BCUT2D eigenvalue weighted by Gasteiger charge is 2.60. The van der Waals surface area contributed by atoms with E-state index in [0.717, 1.165) is 6.07 Å². The van der Waals surface area contributed by atoms with Crippen LogP contribution < -0.4 is 4.90 Å². The summed E-state index contributed by atoms with van der Waals surface area (Å²) in [6.45, 7) is 10.5. The molecule has 0 amide bonds. The third-order valence-corrected chi connectivity index (χ3v) is 7.97. The zero-order chi connectivity index (χ0) is 22.4. The number of alkyl halides is 3. The Labute approximate surface area is 183 Å². The highest BCUT2D eigenvalue weighted by Crippen LogP contribution is 2.63. The third-order valence-electron chi connectivity index (χ3n) is 7.97. The smallest absolute Gasteiger partial charge is 0.389 e. The molecule has 4 atom stereocenters. The Hall–Kier alpha value is -1.31. The minimum Gasteiger partial charge on any atom is -0.389 e. The summed E-state index contributed by atoms with van der Waals surface area (Å²) in [5.74, 6) is 0.712. The second-order valence-corrected chi connectivity index (χ2v) is 10.6. The van der Waals surface area contributed by atoms with Gasteiger partial charge in [0.25, 0.3) is 0 Å². The van der Waals surface area contributed by atoms with Crippen molar-refractivity contribution in [3.8, 4) is 0 Å². The highest BCUT2D eigenvalue weighted by atomic mass is 19.4. The van der Waals surface area contributed by atoms with E-state index in [1.165, 1.54) is 31.4 Å². The van der Waals surface area contributed by atoms with Gasteiger partial charge >= 0.3 is 6.18 Å². The molecule has 1 heterocycles. The number of hydrogen-bond acceptors (Lipinski definition) is 4. The van der Waals surface area contributed by atoms with E-state index in [4.69, 9.17) is 4.74 Å². The van der Waals surface area contributed by atoms with Crippen LogP contribution in [-0.4, -0.2) is 61.5 Å². The summed E-state index contributed by atoms with van der Waals surface area (Å²) in [6.07, 6.45) is -0.990. The van der Waals surface area contributed by atoms with Crippen molar-refractivity contribution in [1.29, 1.82) is 0 Å². The summed E-state index contributed by atoms with van der Waals surface area (Å²) in [5, 5.41) is 10.6. The van der Waals surface area contributed by atoms with Crippen LogP contribution in [0.15, 0.2) is 24.3 Å². The summed E-state index contributed by atoms with van der Waals surface area (Å²) in [5.41, 5.74) is 0.371. The third kappa shape index (κ3) is 4.60. The molecule has 0 radical (unpaired) electrons. The van der Waals surface area contributed by atoms with Gasteiger partial charge in [0.2, 0.25) is 0 Å². The van der Waals surface area contributed by atoms with Crippen LogP contribution in [0, 0.1) is 16.7 Å². The highest BCUT2D eigenvalue weighted by molar-refractivity contribution is 5.49. The van der Waals surface area contributed by atoms with Crippen molar-refractivity contribution in [1.82, 2.24) is 4.90 Å². The number of anilines is 1. The Morgan fingerprint density at radius 3 is 2.48 bits per heavy atom. The number of β-amino-alcohol motifs (C(OH)–C–C–N with tert-alkyl or cyclic N) is 1. The minimum atomic E-state index is -4.33. The fourth-order valence-electron chi connectivity index (χ4n) is 6.30. The maximum atomic E-state index is 13.0. The van der Waals surface area contributed by atoms with Crippen LogP contribution in [-0.2, 0) is 10.9 Å². The lowest BCUT2D eigenvalue weighted by atomic mass is 9.70. The molecule has 0 aromatic heterocycles. The predicted octanol–water partition coefficient (Wildman–Crippen LogP) is 4.42. The molecule has 4 nitrogen and oxygen atoms in total. The van der Waals surface area contributed by atoms with Crippen LogP contribution in [0.2, 0.25) is 0 Å². The van der Waals surface area contributed by atoms with Crippen molar-refractivity contribution in [3.63, 3.8) is 0 Å². The van der Waals surface area contributed by atoms with E-state index in [2.05, 4.69) is 25.7 Å². The van der Waals surface area contributed by atoms with Crippen molar-refractivity contribution < 1.29 is 23.0 Å². The zero-order valence-corrected chi connectivity index (χ0v) is 18.8. The first-order chi connectivity index (χ1) is 14.5. The van der Waals surface area contributed by atoms with E-state index < -0.39 is 17.8 Å². The molecule has 3 aliphatic rings. The molecule has 7 heteroatoms. The Morgan fingerprint density at radius 2 is 1.87 bits per heavy atom. The molecule has 2 saturated carbocycles. The summed E-state index contributed by atoms with van der Waals surface area (Å²) < 4.78 is 45.2. The van der Waals surface area contributed by atoms with Crippen LogP contribution in [0.25, 0.3) is 0 Å². The Bertz CT molecular complexity index is 772. The van der Waals surface area contributed by atoms with Gasteiger partial charge in [-0.1, -0.05) is 26.8 Å². The summed E-state index contributed by atoms with van der Waals surface area (Å²) >= 11 is 0. The van der Waals surface area contributed by atoms with Gasteiger partial charge in [0.15, 0.2) is 0 Å². The van der Waals surface area contributed by atoms with E-state index in [1.54, 1.807) is 6.07 Å². The minimum absolute atomic E-state index is 0.156. The van der Waals surface area contributed by atoms with Crippen LogP contribution in [0.3, 0.4) is 0 Å². The summed E-state index contributed by atoms with van der Waals surface area (Å²) in [7, 11) is 0. The number of ether oxygens (including phenoxy) is 1. The molecule has 1 aromatic carbocycles. The van der Waals surface area contributed by atoms with Crippen molar-refractivity contribution in [2.75, 3.05) is 44.2 Å². The van der Waals surface area contributed by atoms with Gasteiger partial charge < -0.3 is 14.7 Å². The van der Waals surface area contributed by atoms with E-state index >= 15 is 0 Å². The van der Waals surface area contributed by atoms with Gasteiger partial charge in [-0.05, 0) is 54.2 Å². The monoisotopic (exact) mass is 440 g/mol. The maximum absolute atomic E-state index is 13.0. The number of aliphatic hydroxyl groups is 1. The van der Waals surface area contributed by atoms with E-state index in [9.17, 15) is 18.3 Å². The number of hydrogen-bond donors (Lipinski definition) is 1. The van der Waals surface area contributed by atoms with Crippen molar-refractivity contribution in [2.45, 2.75) is 58.4 Å². The number of fused-ring (bicyclic) bond motifs is 2. The first-order valence-electron chi connectivity index (χ1n) is 11.4. The number of rotatable bonds is 6. The molecule has 31 heavy (non-hydrogen) atoms. The number of aliphatic hydroxyl groups excluding tert-OH is 1. The fourth-order valence-corrected chi connectivity index (χ4v) is 6.30. The fraction of sp³-hybridized carbons (Fsp3) is 0.750. The van der Waals surface area contributed by atoms with Gasteiger partial charge in [0.1, 0.15) is 0 Å². The molecule has 3 fully saturated rings. The van der Waals surface area contributed by atoms with Gasteiger partial charge in [-0.25, -0.2) is 0 Å². The molecule has 1 aliphatic heterocycles. The van der Waals surface area contributed by atoms with Crippen molar-refractivity contribution in [2.24, 2.45) is 16.7 Å². The van der Waals surface area contributed by atoms with Gasteiger partial charge in [0.05, 0.1) is 24.4 Å². The lowest BCUT2D eigenvalue weighted by Gasteiger charge is -2.43. The second kappa shape index (κ2) is 8.23. The predicted molar refractivity (Wildman–Crippen MR) is 115 cm³/mol. The lowest BCUT2D eigenvalue weighted by Crippen LogP contribution is -2.50. The zero-order valence-electron chi connectivity index (χ0n) is 18.8. The maximum Gasteiger partial charge on any atom is 0.416 e. The molecule has 4 rings (SSSR count). The summed E-state index contributed by atoms with van der Waals surface area (Å²) in [6, 6.07) is 5.51. The van der Waals surface area contributed by atoms with Crippen molar-refractivity contribution >= 4 is 5.69 Å². The van der Waals surface area contributed by atoms with E-state index in [-0.39, 0.29) is 16.9 Å². The van der Waals surface area contributed by atoms with Crippen LogP contribution in [0.1, 0.15) is 45.6 Å². The quantitative estimate of drug-likeness (QED) is 0.711. The summed E-state index contributed by atoms with van der Waals surface area (Å²) in [4.78, 5) is 4.15. The molecule has 1 saturated heterocycles. The lowest BCUT2D eigenvalue weighted by molar-refractivity contribution is -0.137. The SMILES string of the molecule is CC1(C)[C@H]2CC[C@](C)(C2)[C@H]1OC[C@H](O)CN1CCN(c2cccc(C(F)(F)F)c2)CC1. The molecular formula is C24H35F3N2O2. The largest absolute Gasteiger partial charge is 0.416 e. The molecule has 0 spiro atoms. The second-order valence-electron chi connectivity index (χ2n) is 10.6. The topological polar surface area (TPSA) is 35.9 Å². The molecule has 2 bridgehead atoms. The van der Waals surface area contributed by atoms with E-state index in [1.807, 2.05) is 4.90 Å². The molecule has 2 aliphatic carbocycles. The average molecular weight is 441 g/mol. The van der Waals surface area contributed by atoms with Crippen molar-refractivity contribution in [3.05, 3.63) is 29.8 Å². The van der Waals surface area contributed by atoms with Crippen LogP contribution >= 0.6 is 0 Å². The Balaban J connectivity index is 1.25. The number of nitrogens with zero attached hydrogens (tertiary/aromatic N) is 2. The molecule has 174 valence electrons. The van der Waals surface area contributed by atoms with Gasteiger partial charge in [-0.2, -0.15) is 13.2 Å². The molecule has 1 aromatic rings. The standard InChI is InChI=1S/C24H35F3N2O2/c1-22(2)18-7-8-23(3,14-18)21(22)31-16-20(30)15-28-9-11-29(12-10-28)19-6-4-5-17(13-19)24(25,26)27/h4-6,13,18,20-21,30H,7-12,14-16H2,1-3H3/t18-,20+,21-,23+/m0/s1. The normalized spacial score (nSPS) is 31.9. The van der Waals surface area contributed by atoms with Crippen LogP contribution in [0.4, 0.5) is 18.9 Å². The first-order valence-corrected chi connectivity index (χ1v) is 11.4. The molecular weight excluding hydrogens is 405 g/mol. The Kier molecular flexibility index (Phi) is 6.07. The Morgan fingerprint density at radius 1 is 1.16 bits per heavy atom. The first kappa shape index (κ1) is 22.9. The molecule has 0 unspecified atom stereocenters. The number of benzene rings is 1. The van der Waals surface area contributed by atoms with Gasteiger partial charge in [-0.15, -0.1) is 0 Å². The van der Waals surface area contributed by atoms with Crippen LogP contribution in [0.5, 0.6) is 0 Å². The van der Waals surface area contributed by atoms with Gasteiger partial charge in [-0.3, -0.25) is 4.90 Å². The molecule has 1 N–H and O–H groups in total. The van der Waals surface area contributed by atoms with E-state index in [0.29, 0.717) is 50.9 Å².